The van der Waals surface area contributed by atoms with Crippen LogP contribution in [-0.2, 0) is 19.3 Å². The summed E-state index contributed by atoms with van der Waals surface area (Å²) in [5.74, 6) is 0.977. The van der Waals surface area contributed by atoms with Crippen molar-refractivity contribution in [3.05, 3.63) is 46.5 Å². The summed E-state index contributed by atoms with van der Waals surface area (Å²) in [6.45, 7) is 2.30. The van der Waals surface area contributed by atoms with E-state index in [0.717, 1.165) is 5.92 Å². The van der Waals surface area contributed by atoms with Gasteiger partial charge in [-0.15, -0.1) is 0 Å². The smallest absolute Gasteiger partial charge is 0.0182 e. The zero-order valence-electron chi connectivity index (χ0n) is 12.8. The molecule has 0 amide bonds. The largest absolute Gasteiger partial charge is 0.0850 e. The molecule has 1 aromatic carbocycles. The molecule has 2 atom stereocenters. The summed E-state index contributed by atoms with van der Waals surface area (Å²) < 4.78 is 0. The van der Waals surface area contributed by atoms with Crippen LogP contribution in [0.2, 0.25) is 0 Å². The molecule has 0 saturated heterocycles. The van der Waals surface area contributed by atoms with Gasteiger partial charge in [-0.3, -0.25) is 0 Å². The van der Waals surface area contributed by atoms with Crippen molar-refractivity contribution < 1.29 is 0 Å². The first-order chi connectivity index (χ1) is 9.81. The summed E-state index contributed by atoms with van der Waals surface area (Å²) in [5.41, 5.74) is 7.52. The van der Waals surface area contributed by atoms with E-state index in [2.05, 4.69) is 31.2 Å². The number of rotatable bonds is 3. The Balaban J connectivity index is 1.66. The molecule has 1 spiro atoms. The van der Waals surface area contributed by atoms with Crippen LogP contribution in [0.3, 0.4) is 0 Å². The number of unbranched alkanes of at least 4 members (excludes halogenated alkanes) is 1. The fourth-order valence-electron chi connectivity index (χ4n) is 5.07. The van der Waals surface area contributed by atoms with E-state index in [0.29, 0.717) is 5.41 Å². The fourth-order valence-corrected chi connectivity index (χ4v) is 5.07. The first-order valence-electron chi connectivity index (χ1n) is 8.58. The van der Waals surface area contributed by atoms with Gasteiger partial charge < -0.3 is 0 Å². The Hall–Kier alpha value is -1.04. The molecule has 1 saturated carbocycles. The zero-order valence-corrected chi connectivity index (χ0v) is 12.8. The number of benzene rings is 1. The second kappa shape index (κ2) is 4.76. The van der Waals surface area contributed by atoms with Gasteiger partial charge in [0.25, 0.3) is 0 Å². The Kier molecular flexibility index (Phi) is 3.02. The van der Waals surface area contributed by atoms with Crippen LogP contribution in [0.25, 0.3) is 0 Å². The van der Waals surface area contributed by atoms with E-state index in [4.69, 9.17) is 0 Å². The summed E-state index contributed by atoms with van der Waals surface area (Å²) in [7, 11) is 0. The average molecular weight is 266 g/mol. The van der Waals surface area contributed by atoms with Crippen molar-refractivity contribution in [3.63, 3.8) is 0 Å². The van der Waals surface area contributed by atoms with Crippen molar-refractivity contribution in [1.82, 2.24) is 0 Å². The van der Waals surface area contributed by atoms with Gasteiger partial charge in [0.15, 0.2) is 0 Å². The van der Waals surface area contributed by atoms with Crippen molar-refractivity contribution in [2.24, 2.45) is 11.3 Å². The highest BCUT2D eigenvalue weighted by Crippen LogP contribution is 2.58. The van der Waals surface area contributed by atoms with Gasteiger partial charge in [0, 0.05) is 0 Å². The lowest BCUT2D eigenvalue weighted by Gasteiger charge is -2.41. The normalized spacial score (nSPS) is 30.6. The van der Waals surface area contributed by atoms with Gasteiger partial charge >= 0.3 is 0 Å². The van der Waals surface area contributed by atoms with E-state index in [1.54, 1.807) is 22.3 Å². The molecule has 20 heavy (non-hydrogen) atoms. The first-order valence-corrected chi connectivity index (χ1v) is 8.58. The minimum Gasteiger partial charge on any atom is -0.0850 e. The molecule has 0 heteroatoms. The topological polar surface area (TPSA) is 0 Å². The lowest BCUT2D eigenvalue weighted by molar-refractivity contribution is 0.168. The molecular formula is C20H26. The predicted molar refractivity (Wildman–Crippen MR) is 84.9 cm³/mol. The van der Waals surface area contributed by atoms with Crippen LogP contribution >= 0.6 is 0 Å². The van der Waals surface area contributed by atoms with E-state index < -0.39 is 0 Å². The molecule has 2 bridgehead atoms. The van der Waals surface area contributed by atoms with E-state index in [1.807, 2.05) is 0 Å². The summed E-state index contributed by atoms with van der Waals surface area (Å²) in [6, 6.07) is 7.09. The van der Waals surface area contributed by atoms with Crippen molar-refractivity contribution in [3.8, 4) is 0 Å². The maximum absolute atomic E-state index is 2.54. The third kappa shape index (κ3) is 1.88. The molecule has 0 radical (unpaired) electrons. The maximum atomic E-state index is 2.54. The van der Waals surface area contributed by atoms with Crippen molar-refractivity contribution in [1.29, 1.82) is 0 Å². The molecule has 3 aliphatic carbocycles. The average Bonchev–Trinajstić information content (AvgIpc) is 3.06. The zero-order chi connectivity index (χ0) is 13.6. The second-order valence-corrected chi connectivity index (χ2v) is 7.37. The molecule has 0 aliphatic heterocycles. The van der Waals surface area contributed by atoms with E-state index >= 15 is 0 Å². The lowest BCUT2D eigenvalue weighted by Crippen LogP contribution is -2.33. The molecule has 0 nitrogen and oxygen atoms in total. The Morgan fingerprint density at radius 3 is 2.95 bits per heavy atom. The third-order valence-corrected chi connectivity index (χ3v) is 6.24. The van der Waals surface area contributed by atoms with Crippen molar-refractivity contribution >= 4 is 0 Å². The minimum absolute atomic E-state index is 0.652. The molecule has 3 aliphatic rings. The monoisotopic (exact) mass is 266 g/mol. The Morgan fingerprint density at radius 1 is 1.25 bits per heavy atom. The van der Waals surface area contributed by atoms with Crippen LogP contribution in [0.4, 0.5) is 0 Å². The second-order valence-electron chi connectivity index (χ2n) is 7.37. The molecule has 0 aromatic heterocycles. The fraction of sp³-hybridized carbons (Fsp3) is 0.600. The highest BCUT2D eigenvalue weighted by Gasteiger charge is 2.48. The molecule has 106 valence electrons. The molecule has 0 N–H and O–H groups in total. The number of allylic oxidation sites excluding steroid dienone is 2. The minimum atomic E-state index is 0.652. The highest BCUT2D eigenvalue weighted by atomic mass is 14.5. The first kappa shape index (κ1) is 12.7. The molecule has 0 heterocycles. The van der Waals surface area contributed by atoms with Crippen molar-refractivity contribution in [2.45, 2.75) is 64.7 Å². The van der Waals surface area contributed by atoms with Gasteiger partial charge in [-0.2, -0.15) is 0 Å². The number of hydrogen-bond donors (Lipinski definition) is 0. The summed E-state index contributed by atoms with van der Waals surface area (Å²) in [4.78, 5) is 0. The number of aryl methyl sites for hydroxylation is 2. The van der Waals surface area contributed by atoms with Crippen molar-refractivity contribution in [2.75, 3.05) is 0 Å². The number of hydrogen-bond acceptors (Lipinski definition) is 0. The predicted octanol–water partition coefficient (Wildman–Crippen LogP) is 5.24. The third-order valence-electron chi connectivity index (χ3n) is 6.24. The quantitative estimate of drug-likeness (QED) is 0.656. The standard InChI is InChI=1S/C20H26/c1-2-3-5-16-6-4-7-17-10-11-20(14-19(16)17)13-15-8-9-18(20)12-15/h4,6-8,18H,2-3,5,9-14H2,1H3. The summed E-state index contributed by atoms with van der Waals surface area (Å²) in [5, 5.41) is 0. The SMILES string of the molecule is CCCCc1cccc2c1CC1(CC2)CC2=CCC1C2. The lowest BCUT2D eigenvalue weighted by atomic mass is 9.63. The van der Waals surface area contributed by atoms with Gasteiger partial charge in [0.2, 0.25) is 0 Å². The molecule has 2 unspecified atom stereocenters. The van der Waals surface area contributed by atoms with Crippen LogP contribution < -0.4 is 0 Å². The highest BCUT2D eigenvalue weighted by molar-refractivity contribution is 5.40. The van der Waals surface area contributed by atoms with Gasteiger partial charge in [0.05, 0.1) is 0 Å². The molecular weight excluding hydrogens is 240 g/mol. The Labute approximate surface area is 123 Å². The van der Waals surface area contributed by atoms with Gasteiger partial charge in [0.1, 0.15) is 0 Å². The van der Waals surface area contributed by atoms with Crippen LogP contribution in [-0.4, -0.2) is 0 Å². The molecule has 1 fully saturated rings. The van der Waals surface area contributed by atoms with Crippen LogP contribution in [0.15, 0.2) is 29.8 Å². The van der Waals surface area contributed by atoms with E-state index in [9.17, 15) is 0 Å². The summed E-state index contributed by atoms with van der Waals surface area (Å²) in [6.07, 6.45) is 14.9. The van der Waals surface area contributed by atoms with Crippen LogP contribution in [0.5, 0.6) is 0 Å². The summed E-state index contributed by atoms with van der Waals surface area (Å²) >= 11 is 0. The maximum Gasteiger partial charge on any atom is -0.0182 e. The van der Waals surface area contributed by atoms with Crippen LogP contribution in [0.1, 0.15) is 62.1 Å². The number of fused-ring (bicyclic) bond motifs is 4. The molecule has 4 rings (SSSR count). The van der Waals surface area contributed by atoms with Gasteiger partial charge in [-0.05, 0) is 79.4 Å². The van der Waals surface area contributed by atoms with E-state index in [1.165, 1.54) is 57.8 Å². The van der Waals surface area contributed by atoms with E-state index in [-0.39, 0.29) is 0 Å². The Bertz CT molecular complexity index is 551. The Morgan fingerprint density at radius 2 is 2.20 bits per heavy atom. The van der Waals surface area contributed by atoms with Gasteiger partial charge in [-0.1, -0.05) is 43.2 Å². The van der Waals surface area contributed by atoms with Crippen LogP contribution in [0, 0.1) is 11.3 Å². The van der Waals surface area contributed by atoms with Gasteiger partial charge in [-0.25, -0.2) is 0 Å². The molecule has 1 aromatic rings.